The van der Waals surface area contributed by atoms with Crippen molar-refractivity contribution in [3.05, 3.63) is 58.0 Å². The highest BCUT2D eigenvalue weighted by atomic mass is 35.5. The fourth-order valence-corrected chi connectivity index (χ4v) is 3.79. The number of aromatic nitrogens is 4. The van der Waals surface area contributed by atoms with Crippen LogP contribution in [0.4, 0.5) is 5.82 Å². The van der Waals surface area contributed by atoms with Crippen molar-refractivity contribution in [3.8, 4) is 0 Å². The minimum Gasteiger partial charge on any atom is -0.272 e. The van der Waals surface area contributed by atoms with Crippen LogP contribution in [-0.2, 0) is 23.6 Å². The van der Waals surface area contributed by atoms with Crippen molar-refractivity contribution < 1.29 is 8.42 Å². The predicted molar refractivity (Wildman–Crippen MR) is 96.5 cm³/mol. The van der Waals surface area contributed by atoms with Crippen LogP contribution in [0.25, 0.3) is 0 Å². The third-order valence-electron chi connectivity index (χ3n) is 3.69. The summed E-state index contributed by atoms with van der Waals surface area (Å²) < 4.78 is 30.4. The standard InChI is InChI=1S/C15H15Cl2N5O2S/c1-10-14(8-18-21(10)2)25(23,24)20-15-5-6-22(19-15)9-11-3-4-12(16)13(17)7-11/h3-8H,9H2,1-2H3,(H,19,20). The average Bonchev–Trinajstić information content (AvgIpc) is 3.10. The molecule has 132 valence electrons. The third-order valence-corrected chi connectivity index (χ3v) is 5.88. The van der Waals surface area contributed by atoms with E-state index in [1.165, 1.54) is 10.9 Å². The minimum atomic E-state index is -3.74. The topological polar surface area (TPSA) is 81.8 Å². The molecule has 0 aliphatic carbocycles. The first-order valence-corrected chi connectivity index (χ1v) is 9.49. The second-order valence-electron chi connectivity index (χ2n) is 5.47. The normalized spacial score (nSPS) is 11.7. The van der Waals surface area contributed by atoms with Crippen LogP contribution in [0.1, 0.15) is 11.3 Å². The van der Waals surface area contributed by atoms with Crippen LogP contribution < -0.4 is 4.72 Å². The van der Waals surface area contributed by atoms with Crippen molar-refractivity contribution in [1.29, 1.82) is 0 Å². The summed E-state index contributed by atoms with van der Waals surface area (Å²) in [5.74, 6) is 0.225. The molecule has 25 heavy (non-hydrogen) atoms. The lowest BCUT2D eigenvalue weighted by atomic mass is 10.2. The quantitative estimate of drug-likeness (QED) is 0.714. The fourth-order valence-electron chi connectivity index (χ4n) is 2.26. The maximum atomic E-state index is 12.4. The number of hydrogen-bond acceptors (Lipinski definition) is 4. The molecule has 0 aliphatic heterocycles. The van der Waals surface area contributed by atoms with Crippen LogP contribution in [0.5, 0.6) is 0 Å². The zero-order chi connectivity index (χ0) is 18.2. The molecule has 0 atom stereocenters. The lowest BCUT2D eigenvalue weighted by molar-refractivity contribution is 0.599. The molecule has 1 aromatic carbocycles. The van der Waals surface area contributed by atoms with Crippen molar-refractivity contribution >= 4 is 39.0 Å². The largest absolute Gasteiger partial charge is 0.272 e. The van der Waals surface area contributed by atoms with Gasteiger partial charge in [0.15, 0.2) is 5.82 Å². The maximum Gasteiger partial charge on any atom is 0.266 e. The van der Waals surface area contributed by atoms with E-state index >= 15 is 0 Å². The number of rotatable bonds is 5. The highest BCUT2D eigenvalue weighted by Crippen LogP contribution is 2.23. The Hall–Kier alpha value is -2.03. The minimum absolute atomic E-state index is 0.119. The lowest BCUT2D eigenvalue weighted by Gasteiger charge is -2.06. The number of anilines is 1. The SMILES string of the molecule is Cc1c(S(=O)(=O)Nc2ccn(Cc3ccc(Cl)c(Cl)c3)n2)cnn1C. The molecule has 2 aromatic heterocycles. The van der Waals surface area contributed by atoms with E-state index in [4.69, 9.17) is 23.2 Å². The third kappa shape index (κ3) is 3.81. The Balaban J connectivity index is 1.77. The molecular formula is C15H15Cl2N5O2S. The molecule has 3 rings (SSSR count). The molecule has 0 saturated carbocycles. The van der Waals surface area contributed by atoms with E-state index in [0.717, 1.165) is 5.56 Å². The summed E-state index contributed by atoms with van der Waals surface area (Å²) in [4.78, 5) is 0.119. The Labute approximate surface area is 155 Å². The van der Waals surface area contributed by atoms with Gasteiger partial charge in [-0.3, -0.25) is 14.1 Å². The lowest BCUT2D eigenvalue weighted by Crippen LogP contribution is -2.14. The van der Waals surface area contributed by atoms with Gasteiger partial charge in [-0.15, -0.1) is 0 Å². The molecule has 0 unspecified atom stereocenters. The van der Waals surface area contributed by atoms with Crippen LogP contribution in [-0.4, -0.2) is 28.0 Å². The van der Waals surface area contributed by atoms with Crippen molar-refractivity contribution in [1.82, 2.24) is 19.6 Å². The Kier molecular flexibility index (Phi) is 4.77. The number of halogens is 2. The number of sulfonamides is 1. The van der Waals surface area contributed by atoms with E-state index in [1.54, 1.807) is 43.0 Å². The number of aryl methyl sites for hydroxylation is 1. The number of benzene rings is 1. The van der Waals surface area contributed by atoms with E-state index < -0.39 is 10.0 Å². The molecule has 0 spiro atoms. The second-order valence-corrected chi connectivity index (χ2v) is 7.94. The van der Waals surface area contributed by atoms with E-state index in [2.05, 4.69) is 14.9 Å². The fraction of sp³-hybridized carbons (Fsp3) is 0.200. The zero-order valence-corrected chi connectivity index (χ0v) is 15.8. The van der Waals surface area contributed by atoms with Crippen molar-refractivity contribution in [3.63, 3.8) is 0 Å². The Morgan fingerprint density at radius 2 is 1.96 bits per heavy atom. The molecule has 10 heteroatoms. The van der Waals surface area contributed by atoms with Gasteiger partial charge in [-0.2, -0.15) is 10.2 Å². The summed E-state index contributed by atoms with van der Waals surface area (Å²) in [6.45, 7) is 2.12. The molecule has 3 aromatic rings. The average molecular weight is 400 g/mol. The number of hydrogen-bond donors (Lipinski definition) is 1. The van der Waals surface area contributed by atoms with Crippen LogP contribution in [0, 0.1) is 6.92 Å². The van der Waals surface area contributed by atoms with Crippen LogP contribution >= 0.6 is 23.2 Å². The predicted octanol–water partition coefficient (Wildman–Crippen LogP) is 3.08. The van der Waals surface area contributed by atoms with Gasteiger partial charge in [0.2, 0.25) is 0 Å². The first-order valence-electron chi connectivity index (χ1n) is 7.25. The highest BCUT2D eigenvalue weighted by Gasteiger charge is 2.21. The van der Waals surface area contributed by atoms with Gasteiger partial charge in [0.1, 0.15) is 4.90 Å². The van der Waals surface area contributed by atoms with Gasteiger partial charge in [-0.25, -0.2) is 8.42 Å². The first kappa shape index (κ1) is 17.8. The van der Waals surface area contributed by atoms with Crippen LogP contribution in [0.3, 0.4) is 0 Å². The Morgan fingerprint density at radius 3 is 2.60 bits per heavy atom. The van der Waals surface area contributed by atoms with Crippen LogP contribution in [0.2, 0.25) is 10.0 Å². The van der Waals surface area contributed by atoms with Gasteiger partial charge in [-0.05, 0) is 24.6 Å². The Bertz CT molecular complexity index is 1030. The van der Waals surface area contributed by atoms with Crippen molar-refractivity contribution in [2.45, 2.75) is 18.4 Å². The van der Waals surface area contributed by atoms with E-state index in [9.17, 15) is 8.42 Å². The van der Waals surface area contributed by atoms with Gasteiger partial charge in [-0.1, -0.05) is 29.3 Å². The molecular weight excluding hydrogens is 385 g/mol. The maximum absolute atomic E-state index is 12.4. The van der Waals surface area contributed by atoms with E-state index in [1.807, 2.05) is 6.07 Å². The summed E-state index contributed by atoms with van der Waals surface area (Å²) in [5.41, 5.74) is 1.44. The van der Waals surface area contributed by atoms with Crippen molar-refractivity contribution in [2.75, 3.05) is 4.72 Å². The molecule has 7 nitrogen and oxygen atoms in total. The molecule has 0 aliphatic rings. The monoisotopic (exact) mass is 399 g/mol. The Morgan fingerprint density at radius 1 is 1.20 bits per heavy atom. The molecule has 0 bridgehead atoms. The van der Waals surface area contributed by atoms with Gasteiger partial charge in [0.05, 0.1) is 28.5 Å². The smallest absolute Gasteiger partial charge is 0.266 e. The molecule has 2 heterocycles. The summed E-state index contributed by atoms with van der Waals surface area (Å²) >= 11 is 11.9. The van der Waals surface area contributed by atoms with E-state index in [-0.39, 0.29) is 10.7 Å². The van der Waals surface area contributed by atoms with Gasteiger partial charge >= 0.3 is 0 Å². The summed E-state index contributed by atoms with van der Waals surface area (Å²) in [6, 6.07) is 6.87. The number of nitrogens with one attached hydrogen (secondary N) is 1. The highest BCUT2D eigenvalue weighted by molar-refractivity contribution is 7.92. The summed E-state index contributed by atoms with van der Waals surface area (Å²) in [6.07, 6.45) is 2.99. The van der Waals surface area contributed by atoms with Gasteiger partial charge in [0, 0.05) is 19.3 Å². The zero-order valence-electron chi connectivity index (χ0n) is 13.4. The molecule has 0 fully saturated rings. The molecule has 1 N–H and O–H groups in total. The van der Waals surface area contributed by atoms with Gasteiger partial charge in [0.25, 0.3) is 10.0 Å². The molecule has 0 amide bonds. The second kappa shape index (κ2) is 6.70. The summed E-state index contributed by atoms with van der Waals surface area (Å²) in [7, 11) is -2.06. The first-order chi connectivity index (χ1) is 11.8. The van der Waals surface area contributed by atoms with Crippen LogP contribution in [0.15, 0.2) is 41.6 Å². The summed E-state index contributed by atoms with van der Waals surface area (Å²) in [5, 5.41) is 9.11. The van der Waals surface area contributed by atoms with Crippen molar-refractivity contribution in [2.24, 2.45) is 7.05 Å². The van der Waals surface area contributed by atoms with Gasteiger partial charge < -0.3 is 0 Å². The molecule has 0 saturated heterocycles. The number of nitrogens with zero attached hydrogens (tertiary/aromatic N) is 4. The molecule has 0 radical (unpaired) electrons. The van der Waals surface area contributed by atoms with E-state index in [0.29, 0.717) is 22.3 Å².